The van der Waals surface area contributed by atoms with Gasteiger partial charge in [-0.15, -0.1) is 0 Å². The standard InChI is InChI=1S/C18H21ClN2O3/c1-20(2)12-15-17(13-6-4-3-5-7-13)21(10-11-23-15)18(22)14-8-9-16(19)24-14/h3-9,15,17H,10-12H2,1-2H3/t15-,17-/m0/s1. The van der Waals surface area contributed by atoms with Crippen LogP contribution in [-0.4, -0.2) is 55.6 Å². The van der Waals surface area contributed by atoms with Gasteiger partial charge in [-0.05, 0) is 43.4 Å². The molecule has 0 N–H and O–H groups in total. The zero-order valence-electron chi connectivity index (χ0n) is 13.8. The number of morpholine rings is 1. The maximum atomic E-state index is 12.9. The van der Waals surface area contributed by atoms with Gasteiger partial charge in [-0.2, -0.15) is 0 Å². The largest absolute Gasteiger partial charge is 0.440 e. The number of benzene rings is 1. The molecule has 0 bridgehead atoms. The smallest absolute Gasteiger partial charge is 0.290 e. The van der Waals surface area contributed by atoms with Crippen molar-refractivity contribution in [3.63, 3.8) is 0 Å². The van der Waals surface area contributed by atoms with E-state index in [1.807, 2.05) is 49.3 Å². The Morgan fingerprint density at radius 1 is 1.25 bits per heavy atom. The molecule has 24 heavy (non-hydrogen) atoms. The average Bonchev–Trinajstić information content (AvgIpc) is 3.01. The third-order valence-corrected chi connectivity index (χ3v) is 4.29. The summed E-state index contributed by atoms with van der Waals surface area (Å²) in [4.78, 5) is 16.8. The summed E-state index contributed by atoms with van der Waals surface area (Å²) in [6.07, 6.45) is -0.106. The number of amides is 1. The summed E-state index contributed by atoms with van der Waals surface area (Å²) in [5.74, 6) is 0.0919. The Kier molecular flexibility index (Phi) is 5.23. The van der Waals surface area contributed by atoms with E-state index >= 15 is 0 Å². The lowest BCUT2D eigenvalue weighted by Crippen LogP contribution is -2.51. The van der Waals surface area contributed by atoms with Crippen LogP contribution in [0.15, 0.2) is 46.9 Å². The van der Waals surface area contributed by atoms with E-state index in [4.69, 9.17) is 20.8 Å². The second-order valence-corrected chi connectivity index (χ2v) is 6.50. The number of hydrogen-bond donors (Lipinski definition) is 0. The third kappa shape index (κ3) is 3.64. The fourth-order valence-corrected chi connectivity index (χ4v) is 3.24. The van der Waals surface area contributed by atoms with Crippen LogP contribution in [0, 0.1) is 0 Å². The molecule has 2 aromatic rings. The number of likely N-dealkylation sites (N-methyl/N-ethyl adjacent to an activating group) is 1. The molecule has 1 aromatic heterocycles. The summed E-state index contributed by atoms with van der Waals surface area (Å²) in [6, 6.07) is 13.0. The Labute approximate surface area is 146 Å². The fourth-order valence-electron chi connectivity index (χ4n) is 3.09. The molecule has 0 radical (unpaired) electrons. The summed E-state index contributed by atoms with van der Waals surface area (Å²) in [5, 5.41) is 0.215. The minimum absolute atomic E-state index is 0.106. The van der Waals surface area contributed by atoms with Crippen LogP contribution in [0.1, 0.15) is 22.2 Å². The maximum absolute atomic E-state index is 12.9. The molecular formula is C18H21ClN2O3. The van der Waals surface area contributed by atoms with Crippen LogP contribution in [-0.2, 0) is 4.74 Å². The molecule has 5 nitrogen and oxygen atoms in total. The molecular weight excluding hydrogens is 328 g/mol. The number of rotatable bonds is 4. The van der Waals surface area contributed by atoms with Crippen LogP contribution in [0.25, 0.3) is 0 Å². The number of furan rings is 1. The summed E-state index contributed by atoms with van der Waals surface area (Å²) >= 11 is 5.83. The minimum Gasteiger partial charge on any atom is -0.440 e. The quantitative estimate of drug-likeness (QED) is 0.851. The highest BCUT2D eigenvalue weighted by Gasteiger charge is 2.37. The van der Waals surface area contributed by atoms with Crippen molar-refractivity contribution in [2.24, 2.45) is 0 Å². The van der Waals surface area contributed by atoms with E-state index in [0.29, 0.717) is 13.2 Å². The highest BCUT2D eigenvalue weighted by molar-refractivity contribution is 6.29. The molecule has 1 amide bonds. The first-order valence-electron chi connectivity index (χ1n) is 7.94. The van der Waals surface area contributed by atoms with E-state index in [0.717, 1.165) is 12.1 Å². The first-order chi connectivity index (χ1) is 11.6. The van der Waals surface area contributed by atoms with E-state index in [-0.39, 0.29) is 29.0 Å². The first kappa shape index (κ1) is 17.0. The lowest BCUT2D eigenvalue weighted by molar-refractivity contribution is -0.0691. The van der Waals surface area contributed by atoms with Gasteiger partial charge < -0.3 is 19.0 Å². The summed E-state index contributed by atoms with van der Waals surface area (Å²) in [6.45, 7) is 1.74. The number of hydrogen-bond acceptors (Lipinski definition) is 4. The Morgan fingerprint density at radius 3 is 2.62 bits per heavy atom. The van der Waals surface area contributed by atoms with Crippen molar-refractivity contribution in [2.75, 3.05) is 33.8 Å². The lowest BCUT2D eigenvalue weighted by Gasteiger charge is -2.42. The van der Waals surface area contributed by atoms with E-state index in [2.05, 4.69) is 4.90 Å². The lowest BCUT2D eigenvalue weighted by atomic mass is 9.97. The van der Waals surface area contributed by atoms with Gasteiger partial charge in [0.1, 0.15) is 0 Å². The average molecular weight is 349 g/mol. The number of halogens is 1. The number of ether oxygens (including phenoxy) is 1. The Hall–Kier alpha value is -1.82. The molecule has 3 rings (SSSR count). The number of carbonyl (C=O) groups excluding carboxylic acids is 1. The SMILES string of the molecule is CN(C)C[C@@H]1OCCN(C(=O)c2ccc(Cl)o2)[C@H]1c1ccccc1. The first-order valence-corrected chi connectivity index (χ1v) is 8.31. The van der Waals surface area contributed by atoms with Crippen molar-refractivity contribution in [1.29, 1.82) is 0 Å². The number of nitrogens with zero attached hydrogens (tertiary/aromatic N) is 2. The predicted octanol–water partition coefficient (Wildman–Crippen LogP) is 3.08. The number of carbonyl (C=O) groups is 1. The molecule has 1 fully saturated rings. The van der Waals surface area contributed by atoms with Crippen LogP contribution in [0.5, 0.6) is 0 Å². The molecule has 1 aliphatic rings. The monoisotopic (exact) mass is 348 g/mol. The van der Waals surface area contributed by atoms with Gasteiger partial charge in [0.05, 0.1) is 18.8 Å². The van der Waals surface area contributed by atoms with Crippen molar-refractivity contribution in [3.05, 3.63) is 59.0 Å². The molecule has 0 aliphatic carbocycles. The van der Waals surface area contributed by atoms with E-state index < -0.39 is 0 Å². The molecule has 0 spiro atoms. The Morgan fingerprint density at radius 2 is 2.00 bits per heavy atom. The second-order valence-electron chi connectivity index (χ2n) is 6.13. The highest BCUT2D eigenvalue weighted by atomic mass is 35.5. The van der Waals surface area contributed by atoms with Crippen LogP contribution in [0.3, 0.4) is 0 Å². The van der Waals surface area contributed by atoms with Crippen LogP contribution in [0.2, 0.25) is 5.22 Å². The van der Waals surface area contributed by atoms with E-state index in [1.165, 1.54) is 0 Å². The van der Waals surface area contributed by atoms with Gasteiger partial charge in [-0.25, -0.2) is 0 Å². The summed E-state index contributed by atoms with van der Waals surface area (Å²) < 4.78 is 11.3. The maximum Gasteiger partial charge on any atom is 0.290 e. The molecule has 128 valence electrons. The Bertz CT molecular complexity index is 687. The molecule has 2 atom stereocenters. The second kappa shape index (κ2) is 7.38. The molecule has 1 aromatic carbocycles. The van der Waals surface area contributed by atoms with Crippen molar-refractivity contribution in [1.82, 2.24) is 9.80 Å². The fraction of sp³-hybridized carbons (Fsp3) is 0.389. The van der Waals surface area contributed by atoms with Gasteiger partial charge in [0, 0.05) is 13.1 Å². The van der Waals surface area contributed by atoms with Crippen LogP contribution in [0.4, 0.5) is 0 Å². The van der Waals surface area contributed by atoms with Crippen LogP contribution >= 0.6 is 11.6 Å². The molecule has 0 unspecified atom stereocenters. The minimum atomic E-state index is -0.168. The van der Waals surface area contributed by atoms with Crippen molar-refractivity contribution >= 4 is 17.5 Å². The zero-order valence-corrected chi connectivity index (χ0v) is 14.6. The van der Waals surface area contributed by atoms with Gasteiger partial charge >= 0.3 is 0 Å². The van der Waals surface area contributed by atoms with Crippen molar-refractivity contribution in [2.45, 2.75) is 12.1 Å². The molecule has 1 aliphatic heterocycles. The molecule has 2 heterocycles. The van der Waals surface area contributed by atoms with Gasteiger partial charge in [0.15, 0.2) is 11.0 Å². The van der Waals surface area contributed by atoms with Gasteiger partial charge in [0.25, 0.3) is 5.91 Å². The highest BCUT2D eigenvalue weighted by Crippen LogP contribution is 2.31. The summed E-state index contributed by atoms with van der Waals surface area (Å²) in [7, 11) is 4.00. The molecule has 0 saturated carbocycles. The van der Waals surface area contributed by atoms with Gasteiger partial charge in [-0.1, -0.05) is 30.3 Å². The topological polar surface area (TPSA) is 45.9 Å². The van der Waals surface area contributed by atoms with Gasteiger partial charge in [-0.3, -0.25) is 4.79 Å². The predicted molar refractivity (Wildman–Crippen MR) is 92.2 cm³/mol. The third-order valence-electron chi connectivity index (χ3n) is 4.08. The van der Waals surface area contributed by atoms with Crippen LogP contribution < -0.4 is 0 Å². The Balaban J connectivity index is 1.94. The van der Waals surface area contributed by atoms with E-state index in [9.17, 15) is 4.79 Å². The van der Waals surface area contributed by atoms with E-state index in [1.54, 1.807) is 12.1 Å². The normalized spacial score (nSPS) is 21.2. The van der Waals surface area contributed by atoms with Crippen molar-refractivity contribution < 1.29 is 13.9 Å². The van der Waals surface area contributed by atoms with Crippen molar-refractivity contribution in [3.8, 4) is 0 Å². The molecule has 1 saturated heterocycles. The molecule has 6 heteroatoms. The zero-order chi connectivity index (χ0) is 17.1. The summed E-state index contributed by atoms with van der Waals surface area (Å²) in [5.41, 5.74) is 1.05. The van der Waals surface area contributed by atoms with Gasteiger partial charge in [0.2, 0.25) is 0 Å².